The van der Waals surface area contributed by atoms with Gasteiger partial charge in [0.25, 0.3) is 5.91 Å². The molecule has 4 aromatic rings. The number of hydrogen-bond acceptors (Lipinski definition) is 8. The van der Waals surface area contributed by atoms with Crippen molar-refractivity contribution < 1.29 is 18.7 Å². The zero-order chi connectivity index (χ0) is 26.3. The van der Waals surface area contributed by atoms with Crippen molar-refractivity contribution in [2.75, 3.05) is 18.6 Å². The quantitative estimate of drug-likeness (QED) is 0.284. The van der Waals surface area contributed by atoms with Gasteiger partial charge in [-0.25, -0.2) is 0 Å². The number of methoxy groups -OCH3 is 1. The summed E-state index contributed by atoms with van der Waals surface area (Å²) in [7, 11) is 1.57. The Morgan fingerprint density at radius 1 is 1.05 bits per heavy atom. The number of anilines is 1. The van der Waals surface area contributed by atoms with Crippen molar-refractivity contribution in [3.8, 4) is 11.5 Å². The number of carbonyl (C=O) groups excluding carboxylic acids is 1. The average molecular weight is 520 g/mol. The maximum absolute atomic E-state index is 13.8. The van der Waals surface area contributed by atoms with Crippen LogP contribution < -0.4 is 19.8 Å². The van der Waals surface area contributed by atoms with Crippen molar-refractivity contribution in [2.24, 2.45) is 5.92 Å². The molecule has 0 radical (unpaired) electrons. The first-order chi connectivity index (χ1) is 17.8. The van der Waals surface area contributed by atoms with Gasteiger partial charge in [-0.2, -0.15) is 0 Å². The molecule has 1 aliphatic rings. The van der Waals surface area contributed by atoms with Crippen molar-refractivity contribution in [2.45, 2.75) is 46.1 Å². The van der Waals surface area contributed by atoms with Gasteiger partial charge in [-0.15, -0.1) is 10.2 Å². The fourth-order valence-electron chi connectivity index (χ4n) is 4.37. The molecule has 1 unspecified atom stereocenters. The van der Waals surface area contributed by atoms with E-state index < -0.39 is 11.9 Å². The molecule has 9 heteroatoms. The van der Waals surface area contributed by atoms with E-state index in [4.69, 9.17) is 13.9 Å². The molecule has 1 amide bonds. The van der Waals surface area contributed by atoms with Crippen LogP contribution in [-0.2, 0) is 0 Å². The predicted octanol–water partition coefficient (Wildman–Crippen LogP) is 5.95. The van der Waals surface area contributed by atoms with Crippen LogP contribution in [0.25, 0.3) is 11.0 Å². The second-order valence-electron chi connectivity index (χ2n) is 9.77. The number of aromatic nitrogens is 2. The average Bonchev–Trinajstić information content (AvgIpc) is 3.48. The van der Waals surface area contributed by atoms with Crippen LogP contribution in [0.4, 0.5) is 5.13 Å². The Hall–Kier alpha value is -3.72. The first-order valence-corrected chi connectivity index (χ1v) is 13.1. The van der Waals surface area contributed by atoms with E-state index in [1.807, 2.05) is 32.0 Å². The summed E-state index contributed by atoms with van der Waals surface area (Å²) in [5, 5.41) is 10.2. The lowest BCUT2D eigenvalue weighted by Crippen LogP contribution is -2.29. The fourth-order valence-corrected chi connectivity index (χ4v) is 5.24. The summed E-state index contributed by atoms with van der Waals surface area (Å²) in [5.41, 5.74) is 1.08. The number of ether oxygens (including phenoxy) is 2. The summed E-state index contributed by atoms with van der Waals surface area (Å²) in [6, 6.07) is 11.7. The van der Waals surface area contributed by atoms with Gasteiger partial charge < -0.3 is 13.9 Å². The van der Waals surface area contributed by atoms with E-state index in [9.17, 15) is 9.59 Å². The summed E-state index contributed by atoms with van der Waals surface area (Å²) in [5.74, 6) is 1.38. The van der Waals surface area contributed by atoms with Crippen LogP contribution in [0.1, 0.15) is 72.8 Å². The SMILES string of the molecule is COc1cc(C2c3c(oc4ccccc4c3=O)C(=O)N2c2nnc(C(C)C)s2)ccc1OCCC(C)C. The van der Waals surface area contributed by atoms with Gasteiger partial charge in [0.1, 0.15) is 10.6 Å². The Morgan fingerprint density at radius 2 is 1.84 bits per heavy atom. The molecule has 0 bridgehead atoms. The highest BCUT2D eigenvalue weighted by atomic mass is 32.1. The first-order valence-electron chi connectivity index (χ1n) is 12.3. The second kappa shape index (κ2) is 9.97. The largest absolute Gasteiger partial charge is 0.493 e. The normalized spacial score (nSPS) is 15.2. The molecule has 8 nitrogen and oxygen atoms in total. The summed E-state index contributed by atoms with van der Waals surface area (Å²) >= 11 is 1.33. The first kappa shape index (κ1) is 25.0. The maximum Gasteiger partial charge on any atom is 0.297 e. The summed E-state index contributed by atoms with van der Waals surface area (Å²) in [6.45, 7) is 8.87. The number of rotatable bonds is 8. The molecule has 0 N–H and O–H groups in total. The van der Waals surface area contributed by atoms with Gasteiger partial charge in [0, 0.05) is 5.92 Å². The molecule has 3 heterocycles. The van der Waals surface area contributed by atoms with Crippen LogP contribution in [0, 0.1) is 5.92 Å². The van der Waals surface area contributed by atoms with E-state index in [2.05, 4.69) is 24.0 Å². The second-order valence-corrected chi connectivity index (χ2v) is 10.8. The number of fused-ring (bicyclic) bond motifs is 2. The van der Waals surface area contributed by atoms with Gasteiger partial charge in [-0.3, -0.25) is 14.5 Å². The van der Waals surface area contributed by atoms with Crippen molar-refractivity contribution in [3.05, 3.63) is 74.6 Å². The third kappa shape index (κ3) is 4.48. The molecule has 2 aromatic heterocycles. The Morgan fingerprint density at radius 3 is 2.54 bits per heavy atom. The molecule has 0 aliphatic carbocycles. The maximum atomic E-state index is 13.8. The number of carbonyl (C=O) groups is 1. The van der Waals surface area contributed by atoms with Crippen LogP contribution in [0.3, 0.4) is 0 Å². The van der Waals surface area contributed by atoms with Gasteiger partial charge in [-0.1, -0.05) is 57.2 Å². The zero-order valence-corrected chi connectivity index (χ0v) is 22.3. The number of benzene rings is 2. The standard InChI is InChI=1S/C28H29N3O5S/c1-15(2)12-13-35-20-11-10-17(14-21(20)34-5)23-22-24(32)18-8-6-7-9-19(18)36-25(22)27(33)31(23)28-30-29-26(37-28)16(3)4/h6-11,14-16,23H,12-13H2,1-5H3. The van der Waals surface area contributed by atoms with E-state index >= 15 is 0 Å². The van der Waals surface area contributed by atoms with Crippen LogP contribution in [-0.4, -0.2) is 29.8 Å². The highest BCUT2D eigenvalue weighted by molar-refractivity contribution is 7.15. The van der Waals surface area contributed by atoms with E-state index in [1.54, 1.807) is 31.4 Å². The van der Waals surface area contributed by atoms with Crippen molar-refractivity contribution in [3.63, 3.8) is 0 Å². The summed E-state index contributed by atoms with van der Waals surface area (Å²) in [6.07, 6.45) is 0.909. The van der Waals surface area contributed by atoms with Crippen LogP contribution >= 0.6 is 11.3 Å². The monoisotopic (exact) mass is 519 g/mol. The minimum absolute atomic E-state index is 0.0197. The zero-order valence-electron chi connectivity index (χ0n) is 21.5. The van der Waals surface area contributed by atoms with E-state index in [0.717, 1.165) is 11.4 Å². The molecule has 0 spiro atoms. The number of nitrogens with zero attached hydrogens (tertiary/aromatic N) is 3. The molecule has 1 atom stereocenters. The van der Waals surface area contributed by atoms with E-state index in [1.165, 1.54) is 16.2 Å². The number of para-hydroxylation sites is 1. The molecule has 0 saturated carbocycles. The van der Waals surface area contributed by atoms with Crippen LogP contribution in [0.5, 0.6) is 11.5 Å². The highest BCUT2D eigenvalue weighted by Crippen LogP contribution is 2.44. The minimum Gasteiger partial charge on any atom is -0.493 e. The number of amides is 1. The lowest BCUT2D eigenvalue weighted by atomic mass is 9.98. The van der Waals surface area contributed by atoms with E-state index in [-0.39, 0.29) is 22.7 Å². The molecule has 192 valence electrons. The third-order valence-electron chi connectivity index (χ3n) is 6.36. The smallest absolute Gasteiger partial charge is 0.297 e. The topological polar surface area (TPSA) is 94.8 Å². The van der Waals surface area contributed by atoms with Crippen LogP contribution in [0.2, 0.25) is 0 Å². The van der Waals surface area contributed by atoms with Gasteiger partial charge in [0.15, 0.2) is 16.9 Å². The fraction of sp³-hybridized carbons (Fsp3) is 0.357. The van der Waals surface area contributed by atoms with Crippen molar-refractivity contribution in [1.82, 2.24) is 10.2 Å². The van der Waals surface area contributed by atoms with Gasteiger partial charge in [0.2, 0.25) is 10.9 Å². The summed E-state index contributed by atoms with van der Waals surface area (Å²) < 4.78 is 17.6. The van der Waals surface area contributed by atoms with Crippen LogP contribution in [0.15, 0.2) is 51.7 Å². The molecule has 37 heavy (non-hydrogen) atoms. The molecular formula is C28H29N3O5S. The molecule has 2 aromatic carbocycles. The van der Waals surface area contributed by atoms with Crippen molar-refractivity contribution in [1.29, 1.82) is 0 Å². The van der Waals surface area contributed by atoms with Crippen molar-refractivity contribution >= 4 is 33.3 Å². The predicted molar refractivity (Wildman–Crippen MR) is 143 cm³/mol. The number of hydrogen-bond donors (Lipinski definition) is 0. The molecule has 1 aliphatic heterocycles. The van der Waals surface area contributed by atoms with E-state index in [0.29, 0.717) is 45.7 Å². The van der Waals surface area contributed by atoms with Gasteiger partial charge in [0.05, 0.1) is 30.7 Å². The Kier molecular flexibility index (Phi) is 6.72. The highest BCUT2D eigenvalue weighted by Gasteiger charge is 2.45. The lowest BCUT2D eigenvalue weighted by Gasteiger charge is -2.23. The molecular weight excluding hydrogens is 490 g/mol. The molecule has 0 fully saturated rings. The van der Waals surface area contributed by atoms with Gasteiger partial charge >= 0.3 is 0 Å². The van der Waals surface area contributed by atoms with Gasteiger partial charge in [-0.05, 0) is 42.2 Å². The Balaban J connectivity index is 1.66. The minimum atomic E-state index is -0.755. The molecule has 0 saturated heterocycles. The Labute approximate surface area is 218 Å². The third-order valence-corrected chi connectivity index (χ3v) is 7.59. The Bertz CT molecular complexity index is 1520. The summed E-state index contributed by atoms with van der Waals surface area (Å²) in [4.78, 5) is 29.0. The lowest BCUT2D eigenvalue weighted by molar-refractivity contribution is 0.0970. The molecule has 5 rings (SSSR count).